The molecule has 4 heterocycles. The van der Waals surface area contributed by atoms with Gasteiger partial charge in [0, 0.05) is 5.56 Å². The van der Waals surface area contributed by atoms with Crippen LogP contribution in [0, 0.1) is 18.2 Å². The summed E-state index contributed by atoms with van der Waals surface area (Å²) in [6.45, 7) is 13.5. The number of nitrogens with zero attached hydrogens (tertiary/aromatic N) is 3. The molecule has 9 heteroatoms. The lowest BCUT2D eigenvalue weighted by Gasteiger charge is -2.31. The molecule has 0 aliphatic carbocycles. The fourth-order valence-corrected chi connectivity index (χ4v) is 6.04. The van der Waals surface area contributed by atoms with Crippen LogP contribution in [0.5, 0.6) is 11.8 Å². The van der Waals surface area contributed by atoms with E-state index in [4.69, 9.17) is 9.47 Å². The van der Waals surface area contributed by atoms with Crippen LogP contribution in [0.25, 0.3) is 32.9 Å². The lowest BCUT2D eigenvalue weighted by Crippen LogP contribution is -2.43. The molecule has 8 nitrogen and oxygen atoms in total. The molecule has 2 aromatic carbocycles. The molecule has 222 valence electrons. The van der Waals surface area contributed by atoms with Crippen molar-refractivity contribution in [1.82, 2.24) is 19.9 Å². The molecule has 0 unspecified atom stereocenters. The second-order valence-corrected chi connectivity index (χ2v) is 12.0. The van der Waals surface area contributed by atoms with Gasteiger partial charge in [0.1, 0.15) is 23.6 Å². The number of aromatic nitrogens is 3. The Bertz CT molecular complexity index is 1700. The molecule has 2 aliphatic heterocycles. The number of H-pyrrole nitrogens is 1. The van der Waals surface area contributed by atoms with E-state index in [2.05, 4.69) is 19.9 Å². The van der Waals surface area contributed by atoms with Gasteiger partial charge in [-0.15, -0.1) is 0 Å². The first-order valence-corrected chi connectivity index (χ1v) is 14.8. The van der Waals surface area contributed by atoms with E-state index in [0.717, 1.165) is 49.5 Å². The van der Waals surface area contributed by atoms with Crippen molar-refractivity contribution in [3.05, 3.63) is 58.3 Å². The zero-order valence-corrected chi connectivity index (χ0v) is 25.3. The van der Waals surface area contributed by atoms with Crippen molar-refractivity contribution in [3.63, 3.8) is 0 Å². The minimum atomic E-state index is -0.734. The molecular weight excluding hydrogens is 535 g/mol. The summed E-state index contributed by atoms with van der Waals surface area (Å²) >= 11 is 0. The minimum Gasteiger partial charge on any atom is -0.463 e. The number of nitrogens with one attached hydrogen (secondary N) is 1. The first kappa shape index (κ1) is 29.6. The Morgan fingerprint density at radius 2 is 1.79 bits per heavy atom. The number of aryl methyl sites for hydroxylation is 1. The first-order chi connectivity index (χ1) is 20.1. The maximum atomic E-state index is 16.3. The number of carbonyl (C=O) groups is 1. The molecule has 2 saturated heterocycles. The maximum absolute atomic E-state index is 16.3. The highest BCUT2D eigenvalue weighted by molar-refractivity contribution is 5.99. The number of pyridine rings is 1. The second kappa shape index (κ2) is 11.4. The quantitative estimate of drug-likeness (QED) is 0.213. The van der Waals surface area contributed by atoms with Crippen molar-refractivity contribution in [1.29, 1.82) is 0 Å². The van der Waals surface area contributed by atoms with Crippen molar-refractivity contribution < 1.29 is 18.7 Å². The van der Waals surface area contributed by atoms with Crippen LogP contribution < -0.4 is 15.0 Å². The molecule has 0 saturated carbocycles. The minimum absolute atomic E-state index is 0.00112. The van der Waals surface area contributed by atoms with E-state index in [9.17, 15) is 9.59 Å². The summed E-state index contributed by atoms with van der Waals surface area (Å²) in [7, 11) is 0. The second-order valence-electron chi connectivity index (χ2n) is 12.0. The molecule has 0 amide bonds. The van der Waals surface area contributed by atoms with Gasteiger partial charge in [-0.2, -0.15) is 4.98 Å². The lowest BCUT2D eigenvalue weighted by molar-refractivity contribution is -0.142. The summed E-state index contributed by atoms with van der Waals surface area (Å²) < 4.78 is 28.0. The Labute approximate surface area is 245 Å². The summed E-state index contributed by atoms with van der Waals surface area (Å²) in [4.78, 5) is 39.8. The number of hydrogen-bond donors (Lipinski definition) is 1. The van der Waals surface area contributed by atoms with Crippen molar-refractivity contribution >= 4 is 27.6 Å². The van der Waals surface area contributed by atoms with Gasteiger partial charge in [-0.25, -0.2) is 9.37 Å². The largest absolute Gasteiger partial charge is 0.463 e. The Kier molecular flexibility index (Phi) is 8.07. The molecule has 1 N–H and O–H groups in total. The van der Waals surface area contributed by atoms with Gasteiger partial charge in [-0.05, 0) is 89.4 Å². The average Bonchev–Trinajstić information content (AvgIpc) is 3.54. The van der Waals surface area contributed by atoms with Crippen LogP contribution in [0.1, 0.15) is 66.0 Å². The van der Waals surface area contributed by atoms with E-state index in [1.807, 2.05) is 38.1 Å². The number of carbonyl (C=O) groups excluding carboxylic acids is 1. The molecule has 2 aliphatic rings. The molecule has 4 aromatic rings. The van der Waals surface area contributed by atoms with Crippen LogP contribution in [-0.4, -0.2) is 51.1 Å². The smallest absolute Gasteiger partial charge is 0.316 e. The molecule has 0 bridgehead atoms. The van der Waals surface area contributed by atoms with E-state index >= 15 is 4.39 Å². The van der Waals surface area contributed by atoms with Gasteiger partial charge in [-0.1, -0.05) is 38.1 Å². The fourth-order valence-electron chi connectivity index (χ4n) is 6.04. The van der Waals surface area contributed by atoms with Crippen LogP contribution in [0.15, 0.2) is 41.2 Å². The van der Waals surface area contributed by atoms with Crippen LogP contribution in [0.2, 0.25) is 0 Å². The van der Waals surface area contributed by atoms with E-state index in [1.165, 1.54) is 0 Å². The highest BCUT2D eigenvalue weighted by atomic mass is 19.1. The monoisotopic (exact) mass is 574 g/mol. The van der Waals surface area contributed by atoms with E-state index in [-0.39, 0.29) is 33.9 Å². The lowest BCUT2D eigenvalue weighted by atomic mass is 9.95. The molecule has 2 aromatic heterocycles. The van der Waals surface area contributed by atoms with Gasteiger partial charge in [0.15, 0.2) is 5.82 Å². The predicted octanol–water partition coefficient (Wildman–Crippen LogP) is 6.57. The van der Waals surface area contributed by atoms with Crippen LogP contribution >= 0.6 is 0 Å². The molecule has 0 radical (unpaired) electrons. The van der Waals surface area contributed by atoms with Crippen LogP contribution in [-0.2, 0) is 4.79 Å². The highest BCUT2D eigenvalue weighted by Crippen LogP contribution is 2.39. The summed E-state index contributed by atoms with van der Waals surface area (Å²) in [5.41, 5.74) is -0.568. The van der Waals surface area contributed by atoms with E-state index < -0.39 is 22.8 Å². The number of rotatable bonds is 5. The third kappa shape index (κ3) is 5.38. The summed E-state index contributed by atoms with van der Waals surface area (Å²) in [5.74, 6) is -0.857. The molecule has 0 spiro atoms. The molecular formula is C33H39FN4O4. The number of halogens is 1. The Morgan fingerprint density at radius 3 is 2.48 bits per heavy atom. The molecule has 2 fully saturated rings. The van der Waals surface area contributed by atoms with Gasteiger partial charge in [0.2, 0.25) is 0 Å². The van der Waals surface area contributed by atoms with Gasteiger partial charge >= 0.3 is 5.97 Å². The van der Waals surface area contributed by atoms with Crippen molar-refractivity contribution in [2.24, 2.45) is 5.41 Å². The number of ether oxygens (including phenoxy) is 2. The predicted molar refractivity (Wildman–Crippen MR) is 163 cm³/mol. The van der Waals surface area contributed by atoms with Crippen LogP contribution in [0.3, 0.4) is 0 Å². The summed E-state index contributed by atoms with van der Waals surface area (Å²) in [6, 6.07) is 10.8. The Hall–Kier alpha value is -3.85. The van der Waals surface area contributed by atoms with Gasteiger partial charge in [-0.3, -0.25) is 19.5 Å². The third-order valence-corrected chi connectivity index (χ3v) is 8.16. The van der Waals surface area contributed by atoms with Gasteiger partial charge < -0.3 is 9.47 Å². The number of fused-ring (bicyclic) bond motifs is 3. The molecule has 0 atom stereocenters. The zero-order chi connectivity index (χ0) is 30.2. The fraction of sp³-hybridized carbons (Fsp3) is 0.455. The van der Waals surface area contributed by atoms with E-state index in [1.54, 1.807) is 39.8 Å². The van der Waals surface area contributed by atoms with Crippen molar-refractivity contribution in [2.75, 3.05) is 19.7 Å². The maximum Gasteiger partial charge on any atom is 0.316 e. The first-order valence-electron chi connectivity index (χ1n) is 14.8. The highest BCUT2D eigenvalue weighted by Gasteiger charge is 2.45. The van der Waals surface area contributed by atoms with Gasteiger partial charge in [0.05, 0.1) is 22.0 Å². The Balaban J connectivity index is 0.00000173. The van der Waals surface area contributed by atoms with Crippen LogP contribution in [0.4, 0.5) is 4.39 Å². The normalized spacial score (nSPS) is 16.3. The third-order valence-electron chi connectivity index (χ3n) is 8.16. The molecule has 6 rings (SSSR count). The van der Waals surface area contributed by atoms with Gasteiger partial charge in [0.25, 0.3) is 11.6 Å². The zero-order valence-electron chi connectivity index (χ0n) is 25.3. The van der Waals surface area contributed by atoms with E-state index in [0.29, 0.717) is 17.9 Å². The molecule has 42 heavy (non-hydrogen) atoms. The standard InChI is InChI=1S/C31H33FN4O4.C2H6/c1-18-23-26(34-29(35-27(23)37)39-17-31-11-7-13-36(31)14-8-12-31)24(32)25(33-18)22-16-20(40-28(38)30(2,3)4)15-19-9-5-6-10-21(19)22;1-2/h5-6,9-10,15-16H,7-8,11-14,17H2,1-4H3,(H,34,35,37);1-2H3. The van der Waals surface area contributed by atoms with Crippen molar-refractivity contribution in [2.45, 2.75) is 72.8 Å². The number of esters is 1. The summed E-state index contributed by atoms with van der Waals surface area (Å²) in [5, 5.41) is 1.57. The summed E-state index contributed by atoms with van der Waals surface area (Å²) in [6.07, 6.45) is 4.31. The number of benzene rings is 2. The Morgan fingerprint density at radius 1 is 1.10 bits per heavy atom. The number of hydrogen-bond acceptors (Lipinski definition) is 7. The SMILES string of the molecule is CC.Cc1nc(-c2cc(OC(=O)C(C)(C)C)cc3ccccc23)c(F)c2nc(OCC34CCCN3CCC4)[nH]c(=O)c12. The van der Waals surface area contributed by atoms with Crippen molar-refractivity contribution in [3.8, 4) is 23.0 Å². The topological polar surface area (TPSA) is 97.4 Å². The number of aromatic amines is 1. The average molecular weight is 575 g/mol.